The van der Waals surface area contributed by atoms with Gasteiger partial charge in [-0.25, -0.2) is 0 Å². The highest BCUT2D eigenvalue weighted by Crippen LogP contribution is 2.28. The smallest absolute Gasteiger partial charge is 0.254 e. The van der Waals surface area contributed by atoms with E-state index in [9.17, 15) is 14.4 Å². The lowest BCUT2D eigenvalue weighted by molar-refractivity contribution is -0.142. The van der Waals surface area contributed by atoms with Gasteiger partial charge < -0.3 is 14.7 Å². The maximum absolute atomic E-state index is 13.2. The second kappa shape index (κ2) is 9.50. The molecule has 3 amide bonds. The zero-order chi connectivity index (χ0) is 21.1. The maximum atomic E-state index is 13.2. The van der Waals surface area contributed by atoms with Crippen molar-refractivity contribution in [3.05, 3.63) is 34.3 Å². The number of halogens is 1. The van der Waals surface area contributed by atoms with Gasteiger partial charge in [0.05, 0.1) is 0 Å². The van der Waals surface area contributed by atoms with E-state index in [1.807, 2.05) is 21.9 Å². The fourth-order valence-electron chi connectivity index (χ4n) is 5.00. The third kappa shape index (κ3) is 4.71. The van der Waals surface area contributed by atoms with Crippen LogP contribution in [0.2, 0.25) is 0 Å². The second-order valence-electron chi connectivity index (χ2n) is 8.72. The van der Waals surface area contributed by atoms with E-state index in [4.69, 9.17) is 0 Å². The Bertz CT molecular complexity index is 783. The van der Waals surface area contributed by atoms with Gasteiger partial charge in [0.2, 0.25) is 11.8 Å². The van der Waals surface area contributed by atoms with Crippen molar-refractivity contribution >= 4 is 33.7 Å². The molecule has 1 saturated carbocycles. The van der Waals surface area contributed by atoms with Crippen molar-refractivity contribution < 1.29 is 14.4 Å². The van der Waals surface area contributed by atoms with Crippen LogP contribution in [0.4, 0.5) is 0 Å². The van der Waals surface area contributed by atoms with E-state index in [0.29, 0.717) is 57.0 Å². The Kier molecular flexibility index (Phi) is 6.76. The Morgan fingerprint density at radius 1 is 0.833 bits per heavy atom. The number of carbonyl (C=O) groups excluding carboxylic acids is 3. The predicted molar refractivity (Wildman–Crippen MR) is 118 cm³/mol. The molecule has 1 aromatic rings. The molecule has 1 atom stereocenters. The molecule has 6 nitrogen and oxygen atoms in total. The van der Waals surface area contributed by atoms with Crippen LogP contribution in [0.1, 0.15) is 55.3 Å². The topological polar surface area (TPSA) is 60.9 Å². The van der Waals surface area contributed by atoms with Gasteiger partial charge >= 0.3 is 0 Å². The summed E-state index contributed by atoms with van der Waals surface area (Å²) >= 11 is 3.39. The molecule has 3 aliphatic rings. The maximum Gasteiger partial charge on any atom is 0.254 e. The molecule has 0 aromatic heterocycles. The monoisotopic (exact) mass is 475 g/mol. The van der Waals surface area contributed by atoms with Gasteiger partial charge in [-0.3, -0.25) is 14.4 Å². The Balaban J connectivity index is 1.32. The minimum Gasteiger partial charge on any atom is -0.339 e. The Labute approximate surface area is 186 Å². The van der Waals surface area contributed by atoms with Crippen LogP contribution in [0.15, 0.2) is 28.7 Å². The van der Waals surface area contributed by atoms with E-state index in [-0.39, 0.29) is 23.8 Å². The lowest BCUT2D eigenvalue weighted by Gasteiger charge is -2.37. The summed E-state index contributed by atoms with van der Waals surface area (Å²) in [5.41, 5.74) is 0.611. The summed E-state index contributed by atoms with van der Waals surface area (Å²) in [7, 11) is 0. The van der Waals surface area contributed by atoms with Gasteiger partial charge in [-0.15, -0.1) is 0 Å². The van der Waals surface area contributed by atoms with Crippen LogP contribution in [0, 0.1) is 5.92 Å². The van der Waals surface area contributed by atoms with Crippen molar-refractivity contribution in [2.75, 3.05) is 32.7 Å². The van der Waals surface area contributed by atoms with Crippen molar-refractivity contribution in [3.8, 4) is 0 Å². The van der Waals surface area contributed by atoms with Crippen molar-refractivity contribution in [2.24, 2.45) is 5.92 Å². The molecule has 1 aromatic carbocycles. The van der Waals surface area contributed by atoms with Crippen molar-refractivity contribution in [3.63, 3.8) is 0 Å². The minimum absolute atomic E-state index is 0.0286. The minimum atomic E-state index is -0.387. The van der Waals surface area contributed by atoms with E-state index >= 15 is 0 Å². The van der Waals surface area contributed by atoms with Crippen LogP contribution >= 0.6 is 15.9 Å². The van der Waals surface area contributed by atoms with Crippen molar-refractivity contribution in [1.29, 1.82) is 0 Å². The number of rotatable bonds is 4. The highest BCUT2D eigenvalue weighted by molar-refractivity contribution is 9.10. The third-order valence-electron chi connectivity index (χ3n) is 6.77. The average molecular weight is 476 g/mol. The van der Waals surface area contributed by atoms with Crippen molar-refractivity contribution in [2.45, 2.75) is 51.0 Å². The quantitative estimate of drug-likeness (QED) is 0.670. The van der Waals surface area contributed by atoms with Gasteiger partial charge in [0.1, 0.15) is 6.04 Å². The van der Waals surface area contributed by atoms with Gasteiger partial charge in [-0.05, 0) is 55.9 Å². The number of carbonyl (C=O) groups is 3. The summed E-state index contributed by atoms with van der Waals surface area (Å²) < 4.78 is 0.924. The molecule has 0 spiro atoms. The molecule has 3 fully saturated rings. The molecule has 1 unspecified atom stereocenters. The van der Waals surface area contributed by atoms with Crippen LogP contribution in [0.3, 0.4) is 0 Å². The highest BCUT2D eigenvalue weighted by atomic mass is 79.9. The molecular formula is C23H30BrN3O3. The molecule has 2 aliphatic heterocycles. The van der Waals surface area contributed by atoms with Gasteiger partial charge in [-0.2, -0.15) is 0 Å². The van der Waals surface area contributed by atoms with E-state index in [2.05, 4.69) is 15.9 Å². The number of hydrogen-bond donors (Lipinski definition) is 0. The SMILES string of the molecule is O=C(CC1CCCC1)N1CCN(C(=O)C2CCCN2C(=O)c2ccc(Br)cc2)CC1. The first kappa shape index (κ1) is 21.3. The van der Waals surface area contributed by atoms with Crippen LogP contribution in [0.5, 0.6) is 0 Å². The number of hydrogen-bond acceptors (Lipinski definition) is 3. The molecule has 2 heterocycles. The number of likely N-dealkylation sites (tertiary alicyclic amines) is 1. The first-order valence-corrected chi connectivity index (χ1v) is 12.0. The molecule has 0 radical (unpaired) electrons. The van der Waals surface area contributed by atoms with E-state index in [1.165, 1.54) is 25.7 Å². The zero-order valence-corrected chi connectivity index (χ0v) is 19.0. The van der Waals surface area contributed by atoms with Gasteiger partial charge in [-0.1, -0.05) is 28.8 Å². The first-order chi connectivity index (χ1) is 14.5. The number of benzene rings is 1. The molecule has 2 saturated heterocycles. The van der Waals surface area contributed by atoms with E-state index in [0.717, 1.165) is 10.9 Å². The van der Waals surface area contributed by atoms with Crippen molar-refractivity contribution in [1.82, 2.24) is 14.7 Å². The van der Waals surface area contributed by atoms with Crippen LogP contribution in [0.25, 0.3) is 0 Å². The van der Waals surface area contributed by atoms with Gasteiger partial charge in [0.25, 0.3) is 5.91 Å². The normalized spacial score (nSPS) is 22.6. The fraction of sp³-hybridized carbons (Fsp3) is 0.609. The molecule has 162 valence electrons. The Morgan fingerprint density at radius 3 is 2.13 bits per heavy atom. The predicted octanol–water partition coefficient (Wildman–Crippen LogP) is 3.30. The Morgan fingerprint density at radius 2 is 1.47 bits per heavy atom. The molecule has 1 aliphatic carbocycles. The third-order valence-corrected chi connectivity index (χ3v) is 7.30. The molecule has 0 N–H and O–H groups in total. The van der Waals surface area contributed by atoms with Gasteiger partial charge in [0, 0.05) is 49.2 Å². The second-order valence-corrected chi connectivity index (χ2v) is 9.64. The first-order valence-electron chi connectivity index (χ1n) is 11.2. The molecule has 4 rings (SSSR count). The Hall–Kier alpha value is -1.89. The van der Waals surface area contributed by atoms with Crippen LogP contribution in [-0.4, -0.2) is 71.2 Å². The van der Waals surface area contributed by atoms with Crippen LogP contribution in [-0.2, 0) is 9.59 Å². The molecule has 0 bridgehead atoms. The lowest BCUT2D eigenvalue weighted by atomic mass is 10.0. The zero-order valence-electron chi connectivity index (χ0n) is 17.4. The molecule has 30 heavy (non-hydrogen) atoms. The molecular weight excluding hydrogens is 446 g/mol. The summed E-state index contributed by atoms with van der Waals surface area (Å²) in [6.45, 7) is 2.94. The van der Waals surface area contributed by atoms with Crippen LogP contribution < -0.4 is 0 Å². The largest absolute Gasteiger partial charge is 0.339 e. The van der Waals surface area contributed by atoms with Gasteiger partial charge in [0.15, 0.2) is 0 Å². The molecule has 7 heteroatoms. The lowest BCUT2D eigenvalue weighted by Crippen LogP contribution is -2.55. The summed E-state index contributed by atoms with van der Waals surface area (Å²) in [6, 6.07) is 6.90. The summed E-state index contributed by atoms with van der Waals surface area (Å²) in [5.74, 6) is 0.736. The summed E-state index contributed by atoms with van der Waals surface area (Å²) in [4.78, 5) is 44.2. The van der Waals surface area contributed by atoms with E-state index in [1.54, 1.807) is 17.0 Å². The number of nitrogens with zero attached hydrogens (tertiary/aromatic N) is 3. The fourth-order valence-corrected chi connectivity index (χ4v) is 5.27. The summed E-state index contributed by atoms with van der Waals surface area (Å²) in [5, 5.41) is 0. The standard InChI is InChI=1S/C23H30BrN3O3/c24-19-9-7-18(8-10-19)22(29)27-11-3-6-20(27)23(30)26-14-12-25(13-15-26)21(28)16-17-4-1-2-5-17/h7-10,17,20H,1-6,11-16H2. The average Bonchev–Trinajstić information content (AvgIpc) is 3.45. The number of piperazine rings is 1. The highest BCUT2D eigenvalue weighted by Gasteiger charge is 2.38. The number of amides is 3. The van der Waals surface area contributed by atoms with E-state index < -0.39 is 0 Å². The summed E-state index contributed by atoms with van der Waals surface area (Å²) in [6.07, 6.45) is 7.06.